The van der Waals surface area contributed by atoms with Crippen LogP contribution < -0.4 is 52.0 Å². The molecule has 10 N–H and O–H groups in total. The number of halogens is 2. The first kappa shape index (κ1) is 63.3. The average molecular weight is 1200 g/mol. The zero-order chi connectivity index (χ0) is 60.5. The van der Waals surface area contributed by atoms with Gasteiger partial charge in [-0.2, -0.15) is 0 Å². The van der Waals surface area contributed by atoms with Crippen molar-refractivity contribution in [1.29, 1.82) is 0 Å². The predicted molar refractivity (Wildman–Crippen MR) is 303 cm³/mol. The molecular weight excluding hydrogens is 1140 g/mol. The molecule has 0 aromatic heterocycles. The summed E-state index contributed by atoms with van der Waals surface area (Å²) < 4.78 is 45.2. The standard InChI is InChI=1S/C25H24FN3O6S.C24H24FN3O6S.C8H14N2O3/c1-34-24(32)19(28-22(30)18-3-2-10-27-18)12-14-4-7-16(8-5-14)35-20-9-6-15(11-17(20)26)13-21-23(31)29-25(33)36-21;25-16-10-14(12-20-22(30)28-24(33)35-20)5-8-19(16)34-15-6-3-13(4-7-15)11-18(23(31)32)27-21(29)17-2-1-9-26-17;1-5(8(12)13)10-7(11)6-3-2-4-9-6/h4-9,11,13,18-19,27H,2-3,10,12H2,1H3,(H,28,30)(H,29,31,33);3-8,10,17-18,20,26H,1-2,9,11-12H2,(H,27,29)(H,31,32)(H,28,30,33);5-6,9H,2-4H2,1H3,(H,10,11)(H,12,13). The molecule has 7 amide bonds. The van der Waals surface area contributed by atoms with Gasteiger partial charge in [0.2, 0.25) is 23.6 Å². The molecule has 7 unspecified atom stereocenters. The molecule has 5 aliphatic rings. The smallest absolute Gasteiger partial charge is 0.328 e. The Morgan fingerprint density at radius 3 is 1.55 bits per heavy atom. The van der Waals surface area contributed by atoms with E-state index in [4.69, 9.17) is 19.3 Å². The summed E-state index contributed by atoms with van der Waals surface area (Å²) in [7, 11) is 1.27. The Bertz CT molecular complexity index is 3140. The summed E-state index contributed by atoms with van der Waals surface area (Å²) in [6.07, 6.45) is 6.88. The summed E-state index contributed by atoms with van der Waals surface area (Å²) in [4.78, 5) is 116. The van der Waals surface area contributed by atoms with Crippen molar-refractivity contribution >= 4 is 87.5 Å². The van der Waals surface area contributed by atoms with Crippen molar-refractivity contribution < 1.29 is 81.1 Å². The first-order valence-electron chi connectivity index (χ1n) is 26.7. The van der Waals surface area contributed by atoms with Crippen molar-refractivity contribution in [1.82, 2.24) is 42.5 Å². The molecule has 0 saturated carbocycles. The molecule has 27 heteroatoms. The van der Waals surface area contributed by atoms with E-state index >= 15 is 0 Å². The maximum atomic E-state index is 14.6. The Hall–Kier alpha value is -8.24. The van der Waals surface area contributed by atoms with Crippen molar-refractivity contribution in [2.45, 2.75) is 106 Å². The maximum absolute atomic E-state index is 14.6. The van der Waals surface area contributed by atoms with Crippen LogP contribution in [0.25, 0.3) is 6.08 Å². The number of rotatable bonds is 20. The number of hydrogen-bond acceptors (Lipinski definition) is 18. The minimum atomic E-state index is -1.13. The van der Waals surface area contributed by atoms with Gasteiger partial charge >= 0.3 is 17.9 Å². The highest BCUT2D eigenvalue weighted by Gasteiger charge is 2.33. The predicted octanol–water partition coefficient (Wildman–Crippen LogP) is 4.60. The van der Waals surface area contributed by atoms with Crippen molar-refractivity contribution in [2.24, 2.45) is 0 Å². The number of carboxylic acids is 2. The second kappa shape index (κ2) is 30.4. The van der Waals surface area contributed by atoms with Gasteiger partial charge in [-0.05, 0) is 160 Å². The molecule has 5 heterocycles. The molecular formula is C57H62F2N8O15S2. The Labute approximate surface area is 488 Å². The molecule has 9 rings (SSSR count). The SMILES string of the molecule is CC(NC(=O)C1CCCN1)C(=O)O.COC(=O)C(Cc1ccc(Oc2ccc(C=C3SC(=O)NC3=O)cc2F)cc1)NC(=O)C1CCCN1.O=C1NC(=O)C(Cc2ccc(Oc3ccc(CC(NC(=O)C4CCCN4)C(=O)O)cc3)c(F)c2)S1. The van der Waals surface area contributed by atoms with Gasteiger partial charge in [0.1, 0.15) is 29.6 Å². The van der Waals surface area contributed by atoms with E-state index in [1.165, 1.54) is 44.4 Å². The molecule has 0 aliphatic carbocycles. The van der Waals surface area contributed by atoms with Crippen LogP contribution in [0, 0.1) is 11.6 Å². The monoisotopic (exact) mass is 1200 g/mol. The number of carboxylic acid groups (broad SMARTS) is 2. The lowest BCUT2D eigenvalue weighted by Gasteiger charge is -2.19. The Morgan fingerprint density at radius 2 is 1.12 bits per heavy atom. The summed E-state index contributed by atoms with van der Waals surface area (Å²) in [5, 5.41) is 37.8. The number of methoxy groups -OCH3 is 1. The number of carbonyl (C=O) groups is 10. The van der Waals surface area contributed by atoms with Crippen LogP contribution in [0.1, 0.15) is 67.7 Å². The van der Waals surface area contributed by atoms with E-state index in [2.05, 4.69) is 42.5 Å². The largest absolute Gasteiger partial charge is 0.480 e. The second-order valence-electron chi connectivity index (χ2n) is 19.8. The highest BCUT2D eigenvalue weighted by molar-refractivity contribution is 8.18. The number of thioether (sulfide) groups is 2. The molecule has 446 valence electrons. The van der Waals surface area contributed by atoms with E-state index in [0.29, 0.717) is 41.0 Å². The third kappa shape index (κ3) is 18.6. The fourth-order valence-electron chi connectivity index (χ4n) is 9.05. The van der Waals surface area contributed by atoms with Crippen LogP contribution in [0.4, 0.5) is 18.4 Å². The molecule has 4 aromatic rings. The summed E-state index contributed by atoms with van der Waals surface area (Å²) in [5.74, 6) is -4.94. The minimum Gasteiger partial charge on any atom is -0.480 e. The van der Waals surface area contributed by atoms with Gasteiger partial charge in [-0.3, -0.25) is 49.0 Å². The number of hydrogen-bond donors (Lipinski definition) is 10. The van der Waals surface area contributed by atoms with E-state index < -0.39 is 69.3 Å². The molecule has 5 fully saturated rings. The number of aliphatic carboxylic acids is 2. The van der Waals surface area contributed by atoms with Crippen molar-refractivity contribution in [3.63, 3.8) is 0 Å². The number of imide groups is 2. The molecule has 4 aromatic carbocycles. The Balaban J connectivity index is 0.000000199. The second-order valence-corrected chi connectivity index (χ2v) is 22.0. The summed E-state index contributed by atoms with van der Waals surface area (Å²) in [5.41, 5.74) is 2.39. The van der Waals surface area contributed by atoms with E-state index in [0.717, 1.165) is 74.4 Å². The number of esters is 1. The topological polar surface area (TPSA) is 335 Å². The summed E-state index contributed by atoms with van der Waals surface area (Å²) in [6.45, 7) is 3.79. The maximum Gasteiger partial charge on any atom is 0.328 e. The van der Waals surface area contributed by atoms with Crippen LogP contribution >= 0.6 is 23.5 Å². The third-order valence-corrected chi connectivity index (χ3v) is 15.3. The number of carbonyl (C=O) groups excluding carboxylic acids is 8. The number of ether oxygens (including phenoxy) is 3. The third-order valence-electron chi connectivity index (χ3n) is 13.5. The first-order valence-corrected chi connectivity index (χ1v) is 28.4. The Kier molecular flexibility index (Phi) is 22.9. The van der Waals surface area contributed by atoms with Crippen molar-refractivity contribution in [3.05, 3.63) is 124 Å². The zero-order valence-corrected chi connectivity index (χ0v) is 47.1. The van der Waals surface area contributed by atoms with Gasteiger partial charge < -0.3 is 56.3 Å². The summed E-state index contributed by atoms with van der Waals surface area (Å²) >= 11 is 1.63. The number of benzene rings is 4. The van der Waals surface area contributed by atoms with E-state index in [-0.39, 0.29) is 77.4 Å². The van der Waals surface area contributed by atoms with Crippen LogP contribution in [-0.4, -0.2) is 136 Å². The first-order chi connectivity index (χ1) is 40.2. The number of nitrogens with one attached hydrogen (secondary N) is 8. The average Bonchev–Trinajstić information content (AvgIpc) is 4.39. The fraction of sp³-hybridized carbons (Fsp3) is 0.368. The molecule has 23 nitrogen and oxygen atoms in total. The molecule has 5 aliphatic heterocycles. The fourth-order valence-corrected chi connectivity index (χ4v) is 10.6. The molecule has 7 atom stereocenters. The van der Waals surface area contributed by atoms with Gasteiger partial charge in [-0.25, -0.2) is 18.4 Å². The number of amides is 7. The lowest BCUT2D eigenvalue weighted by atomic mass is 10.0. The van der Waals surface area contributed by atoms with Gasteiger partial charge in [0.15, 0.2) is 23.1 Å². The highest BCUT2D eigenvalue weighted by Crippen LogP contribution is 2.31. The summed E-state index contributed by atoms with van der Waals surface area (Å²) in [6, 6.07) is 18.1. The van der Waals surface area contributed by atoms with Crippen LogP contribution in [0.5, 0.6) is 23.0 Å². The van der Waals surface area contributed by atoms with Crippen LogP contribution in [0.15, 0.2) is 89.8 Å². The molecule has 5 saturated heterocycles. The van der Waals surface area contributed by atoms with E-state index in [1.807, 2.05) is 0 Å². The van der Waals surface area contributed by atoms with Crippen LogP contribution in [0.3, 0.4) is 0 Å². The van der Waals surface area contributed by atoms with Crippen molar-refractivity contribution in [3.8, 4) is 23.0 Å². The van der Waals surface area contributed by atoms with Crippen LogP contribution in [0.2, 0.25) is 0 Å². The molecule has 0 radical (unpaired) electrons. The lowest BCUT2D eigenvalue weighted by Crippen LogP contribution is -2.49. The van der Waals surface area contributed by atoms with Gasteiger partial charge in [0.25, 0.3) is 16.4 Å². The molecule has 0 bridgehead atoms. The van der Waals surface area contributed by atoms with Gasteiger partial charge in [-0.15, -0.1) is 0 Å². The quantitative estimate of drug-likeness (QED) is 0.0427. The van der Waals surface area contributed by atoms with Crippen LogP contribution in [-0.2, 0) is 62.4 Å². The molecule has 0 spiro atoms. The molecule has 84 heavy (non-hydrogen) atoms. The van der Waals surface area contributed by atoms with E-state index in [1.54, 1.807) is 60.7 Å². The zero-order valence-electron chi connectivity index (χ0n) is 45.5. The van der Waals surface area contributed by atoms with Crippen molar-refractivity contribution in [2.75, 3.05) is 26.7 Å². The Morgan fingerprint density at radius 1 is 0.631 bits per heavy atom. The van der Waals surface area contributed by atoms with Gasteiger partial charge in [-0.1, -0.05) is 48.2 Å². The normalized spacial score (nSPS) is 20.4. The van der Waals surface area contributed by atoms with Gasteiger partial charge in [0, 0.05) is 12.8 Å². The lowest BCUT2D eigenvalue weighted by molar-refractivity contribution is -0.145. The highest BCUT2D eigenvalue weighted by atomic mass is 32.2. The van der Waals surface area contributed by atoms with Gasteiger partial charge in [0.05, 0.1) is 35.4 Å². The van der Waals surface area contributed by atoms with E-state index in [9.17, 15) is 61.8 Å². The minimum absolute atomic E-state index is 0.0131.